The highest BCUT2D eigenvalue weighted by Gasteiger charge is 2.27. The Bertz CT molecular complexity index is 448. The minimum atomic E-state index is -0.796. The first-order valence-corrected chi connectivity index (χ1v) is 7.99. The van der Waals surface area contributed by atoms with E-state index in [0.29, 0.717) is 19.3 Å². The SMILES string of the molecule is CC/C=C\C[C@@H](O)/C=C/[C@@H]1C=CC(=O)[C@@H]1CCCCC(=O)O. The monoisotopic (exact) mass is 306 g/mol. The smallest absolute Gasteiger partial charge is 0.303 e. The largest absolute Gasteiger partial charge is 0.481 e. The van der Waals surface area contributed by atoms with E-state index in [2.05, 4.69) is 0 Å². The average molecular weight is 306 g/mol. The van der Waals surface area contributed by atoms with E-state index in [1.807, 2.05) is 31.2 Å². The van der Waals surface area contributed by atoms with Crippen LogP contribution in [0.2, 0.25) is 0 Å². The van der Waals surface area contributed by atoms with E-state index in [9.17, 15) is 14.7 Å². The maximum Gasteiger partial charge on any atom is 0.303 e. The van der Waals surface area contributed by atoms with Crippen molar-refractivity contribution in [1.82, 2.24) is 0 Å². The minimum absolute atomic E-state index is 0.0159. The fraction of sp³-hybridized carbons (Fsp3) is 0.556. The van der Waals surface area contributed by atoms with Gasteiger partial charge in [0.1, 0.15) is 0 Å². The van der Waals surface area contributed by atoms with Crippen molar-refractivity contribution in [2.24, 2.45) is 11.8 Å². The maximum absolute atomic E-state index is 11.9. The second-order valence-corrected chi connectivity index (χ2v) is 5.65. The highest BCUT2D eigenvalue weighted by Crippen LogP contribution is 2.28. The summed E-state index contributed by atoms with van der Waals surface area (Å²) in [5, 5.41) is 18.5. The number of allylic oxidation sites excluding steroid dienone is 4. The molecule has 122 valence electrons. The van der Waals surface area contributed by atoms with Crippen LogP contribution < -0.4 is 0 Å². The van der Waals surface area contributed by atoms with Crippen molar-refractivity contribution in [1.29, 1.82) is 0 Å². The number of carbonyl (C=O) groups excluding carboxylic acids is 1. The Kier molecular flexibility index (Phi) is 8.44. The lowest BCUT2D eigenvalue weighted by molar-refractivity contribution is -0.137. The molecule has 0 spiro atoms. The molecule has 22 heavy (non-hydrogen) atoms. The highest BCUT2D eigenvalue weighted by molar-refractivity contribution is 5.94. The van der Waals surface area contributed by atoms with Crippen molar-refractivity contribution < 1.29 is 19.8 Å². The molecule has 1 aliphatic rings. The zero-order chi connectivity index (χ0) is 16.4. The maximum atomic E-state index is 11.9. The van der Waals surface area contributed by atoms with Crippen LogP contribution >= 0.6 is 0 Å². The molecule has 0 aromatic carbocycles. The van der Waals surface area contributed by atoms with Gasteiger partial charge in [-0.15, -0.1) is 0 Å². The van der Waals surface area contributed by atoms with Gasteiger partial charge in [-0.2, -0.15) is 0 Å². The van der Waals surface area contributed by atoms with Crippen molar-refractivity contribution >= 4 is 11.8 Å². The summed E-state index contributed by atoms with van der Waals surface area (Å²) >= 11 is 0. The van der Waals surface area contributed by atoms with Gasteiger partial charge >= 0.3 is 5.97 Å². The Morgan fingerprint density at radius 3 is 2.82 bits per heavy atom. The van der Waals surface area contributed by atoms with E-state index >= 15 is 0 Å². The van der Waals surface area contributed by atoms with E-state index in [0.717, 1.165) is 12.8 Å². The average Bonchev–Trinajstić information content (AvgIpc) is 2.82. The molecule has 0 aliphatic heterocycles. The number of hydrogen-bond donors (Lipinski definition) is 2. The van der Waals surface area contributed by atoms with E-state index in [4.69, 9.17) is 5.11 Å². The first-order chi connectivity index (χ1) is 10.5. The van der Waals surface area contributed by atoms with Gasteiger partial charge < -0.3 is 10.2 Å². The van der Waals surface area contributed by atoms with Crippen LogP contribution in [0.3, 0.4) is 0 Å². The quantitative estimate of drug-likeness (QED) is 0.480. The third-order valence-corrected chi connectivity index (χ3v) is 3.80. The standard InChI is InChI=1S/C18H26O4/c1-2-3-4-7-15(19)12-10-14-11-13-17(20)16(14)8-5-6-9-18(21)22/h3-4,10-16,19H,2,5-9H2,1H3,(H,21,22)/b4-3-,12-10+/t14-,15-,16-/m1/s1. The number of carboxylic acid groups (broad SMARTS) is 1. The summed E-state index contributed by atoms with van der Waals surface area (Å²) in [5.41, 5.74) is 0. The zero-order valence-corrected chi connectivity index (χ0v) is 13.1. The normalized spacial score (nSPS) is 22.9. The van der Waals surface area contributed by atoms with E-state index in [1.54, 1.807) is 12.2 Å². The van der Waals surface area contributed by atoms with E-state index < -0.39 is 12.1 Å². The van der Waals surface area contributed by atoms with E-state index in [-0.39, 0.29) is 24.0 Å². The van der Waals surface area contributed by atoms with Crippen molar-refractivity contribution in [3.63, 3.8) is 0 Å². The lowest BCUT2D eigenvalue weighted by Crippen LogP contribution is -2.15. The summed E-state index contributed by atoms with van der Waals surface area (Å²) in [6.45, 7) is 2.04. The van der Waals surface area contributed by atoms with Crippen LogP contribution in [-0.4, -0.2) is 28.1 Å². The molecule has 0 radical (unpaired) electrons. The Balaban J connectivity index is 2.43. The molecule has 0 bridgehead atoms. The Hall–Kier alpha value is -1.68. The third kappa shape index (κ3) is 6.85. The van der Waals surface area contributed by atoms with Gasteiger partial charge in [0, 0.05) is 18.3 Å². The first kappa shape index (κ1) is 18.4. The molecule has 4 heteroatoms. The van der Waals surface area contributed by atoms with Gasteiger partial charge in [-0.05, 0) is 31.8 Å². The summed E-state index contributed by atoms with van der Waals surface area (Å²) in [4.78, 5) is 22.3. The summed E-state index contributed by atoms with van der Waals surface area (Å²) in [7, 11) is 0. The third-order valence-electron chi connectivity index (χ3n) is 3.80. The predicted molar refractivity (Wildman–Crippen MR) is 86.4 cm³/mol. The van der Waals surface area contributed by atoms with Gasteiger partial charge in [-0.3, -0.25) is 9.59 Å². The van der Waals surface area contributed by atoms with Crippen LogP contribution in [0.5, 0.6) is 0 Å². The molecule has 1 rings (SSSR count). The highest BCUT2D eigenvalue weighted by atomic mass is 16.4. The fourth-order valence-electron chi connectivity index (χ4n) is 2.56. The van der Waals surface area contributed by atoms with Crippen LogP contribution in [0.4, 0.5) is 0 Å². The predicted octanol–water partition coefficient (Wildman–Crippen LogP) is 3.28. The van der Waals surface area contributed by atoms with Crippen molar-refractivity contribution in [2.75, 3.05) is 0 Å². The Morgan fingerprint density at radius 2 is 2.14 bits per heavy atom. The van der Waals surface area contributed by atoms with Gasteiger partial charge in [0.05, 0.1) is 6.10 Å². The van der Waals surface area contributed by atoms with Gasteiger partial charge in [0.2, 0.25) is 0 Å². The number of carboxylic acids is 1. The Morgan fingerprint density at radius 1 is 1.36 bits per heavy atom. The molecule has 0 heterocycles. The minimum Gasteiger partial charge on any atom is -0.481 e. The lowest BCUT2D eigenvalue weighted by atomic mass is 9.89. The molecule has 0 saturated heterocycles. The molecule has 4 nitrogen and oxygen atoms in total. The summed E-state index contributed by atoms with van der Waals surface area (Å²) in [6.07, 6.45) is 14.3. The molecule has 0 fully saturated rings. The van der Waals surface area contributed by atoms with Crippen LogP contribution in [0, 0.1) is 11.8 Å². The summed E-state index contributed by atoms with van der Waals surface area (Å²) in [5.74, 6) is -0.786. The summed E-state index contributed by atoms with van der Waals surface area (Å²) in [6, 6.07) is 0. The molecule has 0 amide bonds. The zero-order valence-electron chi connectivity index (χ0n) is 13.1. The van der Waals surface area contributed by atoms with Crippen LogP contribution in [0.25, 0.3) is 0 Å². The Labute approximate surface area is 132 Å². The number of aliphatic hydroxyl groups is 1. The van der Waals surface area contributed by atoms with Crippen LogP contribution in [-0.2, 0) is 9.59 Å². The number of aliphatic carboxylic acids is 1. The van der Waals surface area contributed by atoms with Gasteiger partial charge in [-0.1, -0.05) is 43.7 Å². The van der Waals surface area contributed by atoms with Crippen LogP contribution in [0.1, 0.15) is 45.4 Å². The first-order valence-electron chi connectivity index (χ1n) is 7.99. The molecule has 1 aliphatic carbocycles. The van der Waals surface area contributed by atoms with Gasteiger partial charge in [0.15, 0.2) is 5.78 Å². The number of ketones is 1. The van der Waals surface area contributed by atoms with Crippen molar-refractivity contribution in [3.8, 4) is 0 Å². The fourth-order valence-corrected chi connectivity index (χ4v) is 2.56. The second-order valence-electron chi connectivity index (χ2n) is 5.65. The van der Waals surface area contributed by atoms with Gasteiger partial charge in [-0.25, -0.2) is 0 Å². The van der Waals surface area contributed by atoms with Crippen LogP contribution in [0.15, 0.2) is 36.5 Å². The number of aliphatic hydroxyl groups excluding tert-OH is 1. The van der Waals surface area contributed by atoms with Crippen molar-refractivity contribution in [3.05, 3.63) is 36.5 Å². The van der Waals surface area contributed by atoms with E-state index in [1.165, 1.54) is 0 Å². The number of unbranched alkanes of at least 4 members (excludes halogenated alkanes) is 1. The topological polar surface area (TPSA) is 74.6 Å². The molecule has 0 unspecified atom stereocenters. The molecule has 0 aromatic rings. The molecule has 0 aromatic heterocycles. The van der Waals surface area contributed by atoms with Crippen molar-refractivity contribution in [2.45, 2.75) is 51.6 Å². The molecular weight excluding hydrogens is 280 g/mol. The molecule has 2 N–H and O–H groups in total. The lowest BCUT2D eigenvalue weighted by Gasteiger charge is -2.15. The molecule has 3 atom stereocenters. The number of carbonyl (C=O) groups is 2. The van der Waals surface area contributed by atoms with Gasteiger partial charge in [0.25, 0.3) is 0 Å². The molecular formula is C18H26O4. The number of rotatable bonds is 10. The second kappa shape index (κ2) is 10.1. The molecule has 0 saturated carbocycles. The number of hydrogen-bond acceptors (Lipinski definition) is 3. The summed E-state index contributed by atoms with van der Waals surface area (Å²) < 4.78 is 0.